The highest BCUT2D eigenvalue weighted by atomic mass is 32.2. The van der Waals surface area contributed by atoms with Crippen LogP contribution in [0, 0.1) is 6.92 Å². The van der Waals surface area contributed by atoms with Crippen LogP contribution in [0.3, 0.4) is 0 Å². The summed E-state index contributed by atoms with van der Waals surface area (Å²) in [5.41, 5.74) is 0.685. The molecule has 1 aromatic carbocycles. The molecule has 0 bridgehead atoms. The quantitative estimate of drug-likeness (QED) is 0.743. The van der Waals surface area contributed by atoms with Gasteiger partial charge in [0, 0.05) is 17.7 Å². The molecule has 3 aromatic rings. The Balaban J connectivity index is 1.67. The second-order valence-electron chi connectivity index (χ2n) is 6.29. The molecule has 4 rings (SSSR count). The molecule has 9 heteroatoms. The molecule has 1 fully saturated rings. The van der Waals surface area contributed by atoms with Crippen LogP contribution in [-0.2, 0) is 16.4 Å². The summed E-state index contributed by atoms with van der Waals surface area (Å²) in [4.78, 5) is 8.71. The number of hydrogen-bond acceptors (Lipinski definition) is 7. The molecule has 0 amide bonds. The molecule has 1 aliphatic carbocycles. The first-order valence-electron chi connectivity index (χ1n) is 8.02. The van der Waals surface area contributed by atoms with E-state index >= 15 is 0 Å². The summed E-state index contributed by atoms with van der Waals surface area (Å²) < 4.78 is 25.8. The van der Waals surface area contributed by atoms with Crippen molar-refractivity contribution >= 4 is 26.6 Å². The first-order chi connectivity index (χ1) is 11.9. The summed E-state index contributed by atoms with van der Waals surface area (Å²) >= 11 is 0. The predicted molar refractivity (Wildman–Crippen MR) is 93.0 cm³/mol. The first kappa shape index (κ1) is 15.9. The molecule has 0 aliphatic heterocycles. The Labute approximate surface area is 145 Å². The zero-order valence-electron chi connectivity index (χ0n) is 14.0. The maximum atomic E-state index is 11.8. The maximum Gasteiger partial charge on any atom is 0.175 e. The number of hydrogen-bond donors (Lipinski definition) is 1. The summed E-state index contributed by atoms with van der Waals surface area (Å²) in [5.74, 6) is 2.34. The van der Waals surface area contributed by atoms with Crippen molar-refractivity contribution in [3.63, 3.8) is 0 Å². The number of rotatable bonds is 5. The van der Waals surface area contributed by atoms with E-state index < -0.39 is 9.84 Å². The van der Waals surface area contributed by atoms with E-state index in [9.17, 15) is 8.42 Å². The number of benzene rings is 1. The topological polar surface area (TPSA) is 103 Å². The Morgan fingerprint density at radius 1 is 1.24 bits per heavy atom. The van der Waals surface area contributed by atoms with Gasteiger partial charge in [0.15, 0.2) is 15.7 Å². The number of aromatic nitrogens is 5. The summed E-state index contributed by atoms with van der Waals surface area (Å²) in [6.07, 6.45) is 4.95. The van der Waals surface area contributed by atoms with Crippen molar-refractivity contribution in [1.29, 1.82) is 0 Å². The van der Waals surface area contributed by atoms with Gasteiger partial charge >= 0.3 is 0 Å². The molecule has 0 atom stereocenters. The molecule has 1 aliphatic rings. The number of nitrogens with zero attached hydrogens (tertiary/aromatic N) is 5. The second kappa shape index (κ2) is 5.76. The van der Waals surface area contributed by atoms with E-state index in [1.165, 1.54) is 12.6 Å². The summed E-state index contributed by atoms with van der Waals surface area (Å²) in [6.45, 7) is 2.42. The van der Waals surface area contributed by atoms with Gasteiger partial charge in [-0.05, 0) is 38.0 Å². The number of fused-ring (bicyclic) bond motifs is 1. The Hall–Kier alpha value is -2.55. The summed E-state index contributed by atoms with van der Waals surface area (Å²) in [7, 11) is -3.29. The summed E-state index contributed by atoms with van der Waals surface area (Å²) in [5, 5.41) is 12.3. The maximum absolute atomic E-state index is 11.8. The molecule has 130 valence electrons. The molecule has 0 saturated heterocycles. The van der Waals surface area contributed by atoms with Crippen LogP contribution in [-0.4, -0.2) is 39.4 Å². The highest BCUT2D eigenvalue weighted by Gasteiger charge is 2.28. The molecule has 0 spiro atoms. The van der Waals surface area contributed by atoms with Gasteiger partial charge in [0.05, 0.1) is 17.0 Å². The van der Waals surface area contributed by atoms with Gasteiger partial charge < -0.3 is 9.88 Å². The molecule has 0 unspecified atom stereocenters. The van der Waals surface area contributed by atoms with Gasteiger partial charge in [-0.3, -0.25) is 0 Å². The third-order valence-corrected chi connectivity index (χ3v) is 5.41. The zero-order valence-corrected chi connectivity index (χ0v) is 14.8. The molecule has 2 aromatic heterocycles. The van der Waals surface area contributed by atoms with Crippen molar-refractivity contribution in [3.8, 4) is 0 Å². The SMILES string of the molecule is Cc1nnc(CNc2ncnc3ccc(S(C)(=O)=O)cc23)n1C1CC1. The molecule has 1 N–H and O–H groups in total. The minimum atomic E-state index is -3.29. The van der Waals surface area contributed by atoms with Gasteiger partial charge in [-0.15, -0.1) is 10.2 Å². The molecule has 1 saturated carbocycles. The minimum Gasteiger partial charge on any atom is -0.362 e. The summed E-state index contributed by atoms with van der Waals surface area (Å²) in [6, 6.07) is 5.34. The molecular formula is C16H18N6O2S. The van der Waals surface area contributed by atoms with Crippen molar-refractivity contribution in [2.75, 3.05) is 11.6 Å². The second-order valence-corrected chi connectivity index (χ2v) is 8.31. The lowest BCUT2D eigenvalue weighted by Gasteiger charge is -2.10. The fraction of sp³-hybridized carbons (Fsp3) is 0.375. The lowest BCUT2D eigenvalue weighted by Crippen LogP contribution is -2.10. The van der Waals surface area contributed by atoms with E-state index in [1.54, 1.807) is 18.2 Å². The van der Waals surface area contributed by atoms with Gasteiger partial charge in [-0.25, -0.2) is 18.4 Å². The van der Waals surface area contributed by atoms with Crippen LogP contribution in [0.4, 0.5) is 5.82 Å². The monoisotopic (exact) mass is 358 g/mol. The van der Waals surface area contributed by atoms with Gasteiger partial charge in [0.2, 0.25) is 0 Å². The van der Waals surface area contributed by atoms with E-state index in [0.29, 0.717) is 29.3 Å². The zero-order chi connectivity index (χ0) is 17.6. The van der Waals surface area contributed by atoms with Crippen LogP contribution in [0.5, 0.6) is 0 Å². The normalized spacial score (nSPS) is 14.8. The lowest BCUT2D eigenvalue weighted by atomic mass is 10.2. The fourth-order valence-corrected chi connectivity index (χ4v) is 3.56. The number of anilines is 1. The van der Waals surface area contributed by atoms with Crippen molar-refractivity contribution < 1.29 is 8.42 Å². The van der Waals surface area contributed by atoms with Crippen LogP contribution < -0.4 is 5.32 Å². The van der Waals surface area contributed by atoms with Crippen LogP contribution in [0.25, 0.3) is 10.9 Å². The molecular weight excluding hydrogens is 340 g/mol. The van der Waals surface area contributed by atoms with Crippen molar-refractivity contribution in [3.05, 3.63) is 36.2 Å². The molecule has 0 radical (unpaired) electrons. The highest BCUT2D eigenvalue weighted by molar-refractivity contribution is 7.90. The third kappa shape index (κ3) is 3.07. The predicted octanol–water partition coefficient (Wildman–Crippen LogP) is 1.88. The third-order valence-electron chi connectivity index (χ3n) is 4.30. The molecule has 8 nitrogen and oxygen atoms in total. The van der Waals surface area contributed by atoms with Crippen molar-refractivity contribution in [1.82, 2.24) is 24.7 Å². The highest BCUT2D eigenvalue weighted by Crippen LogP contribution is 2.36. The van der Waals surface area contributed by atoms with E-state index in [4.69, 9.17) is 0 Å². The fourth-order valence-electron chi connectivity index (χ4n) is 2.91. The Bertz CT molecular complexity index is 1060. The standard InChI is InChI=1S/C16H18N6O2S/c1-10-20-21-15(22(10)11-3-4-11)8-17-16-13-7-12(25(2,23)24)5-6-14(13)18-9-19-16/h5-7,9,11H,3-4,8H2,1-2H3,(H,17,18,19). The van der Waals surface area contributed by atoms with Gasteiger partial charge in [0.25, 0.3) is 0 Å². The first-order valence-corrected chi connectivity index (χ1v) is 9.91. The largest absolute Gasteiger partial charge is 0.362 e. The number of nitrogens with one attached hydrogen (secondary N) is 1. The van der Waals surface area contributed by atoms with E-state index in [-0.39, 0.29) is 4.90 Å². The van der Waals surface area contributed by atoms with Gasteiger partial charge in [-0.1, -0.05) is 0 Å². The Kier molecular flexibility index (Phi) is 3.68. The van der Waals surface area contributed by atoms with Crippen LogP contribution in [0.1, 0.15) is 30.5 Å². The Morgan fingerprint density at radius 2 is 2.04 bits per heavy atom. The van der Waals surface area contributed by atoms with Gasteiger partial charge in [-0.2, -0.15) is 0 Å². The lowest BCUT2D eigenvalue weighted by molar-refractivity contribution is 0.602. The van der Waals surface area contributed by atoms with E-state index in [1.807, 2.05) is 6.92 Å². The average molecular weight is 358 g/mol. The van der Waals surface area contributed by atoms with Gasteiger partial charge in [0.1, 0.15) is 18.0 Å². The number of sulfone groups is 1. The van der Waals surface area contributed by atoms with E-state index in [0.717, 1.165) is 24.5 Å². The van der Waals surface area contributed by atoms with Crippen LogP contribution >= 0.6 is 0 Å². The molecule has 25 heavy (non-hydrogen) atoms. The van der Waals surface area contributed by atoms with E-state index in [2.05, 4.69) is 30.0 Å². The molecule has 2 heterocycles. The van der Waals surface area contributed by atoms with Crippen LogP contribution in [0.15, 0.2) is 29.4 Å². The van der Waals surface area contributed by atoms with Crippen molar-refractivity contribution in [2.24, 2.45) is 0 Å². The average Bonchev–Trinajstić information content (AvgIpc) is 3.34. The van der Waals surface area contributed by atoms with Crippen LogP contribution in [0.2, 0.25) is 0 Å². The smallest absolute Gasteiger partial charge is 0.175 e. The van der Waals surface area contributed by atoms with Crippen molar-refractivity contribution in [2.45, 2.75) is 37.2 Å². The Morgan fingerprint density at radius 3 is 2.76 bits per heavy atom. The minimum absolute atomic E-state index is 0.245. The number of aryl methyl sites for hydroxylation is 1.